The van der Waals surface area contributed by atoms with Gasteiger partial charge in [-0.2, -0.15) is 4.31 Å². The van der Waals surface area contributed by atoms with E-state index in [0.717, 1.165) is 24.9 Å². The van der Waals surface area contributed by atoms with Crippen LogP contribution in [-0.2, 0) is 16.4 Å². The van der Waals surface area contributed by atoms with Gasteiger partial charge in [0.2, 0.25) is 15.9 Å². The third kappa shape index (κ3) is 7.71. The Bertz CT molecular complexity index is 1320. The molecule has 1 saturated heterocycles. The molecule has 4 rings (SSSR count). The molecule has 1 aliphatic heterocycles. The Kier molecular flexibility index (Phi) is 11.6. The number of halogens is 1. The number of ether oxygens (including phenoxy) is 3. The average molecular weight is 581 g/mol. The second-order valence-corrected chi connectivity index (χ2v) is 11.0. The van der Waals surface area contributed by atoms with Crippen molar-refractivity contribution in [3.8, 4) is 17.4 Å². The Morgan fingerprint density at radius 2 is 1.90 bits per heavy atom. The van der Waals surface area contributed by atoms with Crippen molar-refractivity contribution in [2.75, 3.05) is 60.1 Å². The molecule has 214 valence electrons. The summed E-state index contributed by atoms with van der Waals surface area (Å²) in [7, 11) is -0.462. The van der Waals surface area contributed by atoms with Crippen LogP contribution in [-0.4, -0.2) is 89.0 Å². The molecule has 2 heterocycles. The van der Waals surface area contributed by atoms with Crippen LogP contribution in [0, 0.1) is 0 Å². The molecule has 0 aliphatic carbocycles. The fourth-order valence-corrected chi connectivity index (χ4v) is 6.15. The number of aliphatic hydroxyl groups is 1. The van der Waals surface area contributed by atoms with E-state index in [2.05, 4.69) is 15.6 Å². The summed E-state index contributed by atoms with van der Waals surface area (Å²) in [5, 5.41) is 18.1. The van der Waals surface area contributed by atoms with E-state index in [1.165, 1.54) is 10.5 Å². The van der Waals surface area contributed by atoms with E-state index in [1.54, 1.807) is 38.5 Å². The van der Waals surface area contributed by atoms with Crippen molar-refractivity contribution in [1.29, 1.82) is 0 Å². The van der Waals surface area contributed by atoms with Gasteiger partial charge in [0.05, 0.1) is 19.1 Å². The van der Waals surface area contributed by atoms with E-state index in [4.69, 9.17) is 14.2 Å². The molecule has 1 fully saturated rings. The number of methoxy groups -OCH3 is 2. The van der Waals surface area contributed by atoms with Crippen LogP contribution in [0.15, 0.2) is 53.6 Å². The Labute approximate surface area is 236 Å². The molecule has 0 amide bonds. The van der Waals surface area contributed by atoms with Gasteiger partial charge in [-0.15, -0.1) is 12.4 Å². The van der Waals surface area contributed by atoms with Gasteiger partial charge in [-0.3, -0.25) is 0 Å². The molecule has 0 bridgehead atoms. The highest BCUT2D eigenvalue weighted by Gasteiger charge is 2.27. The predicted octanol–water partition coefficient (Wildman–Crippen LogP) is 2.23. The minimum Gasteiger partial charge on any atom is -0.493 e. The van der Waals surface area contributed by atoms with Crippen LogP contribution in [0.3, 0.4) is 0 Å². The maximum atomic E-state index is 13.4. The fraction of sp³-hybridized carbons (Fsp3) is 0.444. The number of nitrogens with one attached hydrogen (secondary N) is 2. The number of nitrogens with zero attached hydrogens (tertiary/aromatic N) is 2. The first-order chi connectivity index (χ1) is 18.4. The van der Waals surface area contributed by atoms with Crippen LogP contribution in [0.25, 0.3) is 10.8 Å². The third-order valence-corrected chi connectivity index (χ3v) is 8.43. The van der Waals surface area contributed by atoms with Gasteiger partial charge in [0.25, 0.3) is 0 Å². The number of sulfonamides is 1. The predicted molar refractivity (Wildman–Crippen MR) is 153 cm³/mol. The number of hydrogen-bond acceptors (Lipinski definition) is 9. The number of aromatic nitrogens is 1. The quantitative estimate of drug-likeness (QED) is 0.277. The average Bonchev–Trinajstić information content (AvgIpc) is 3.24. The number of rotatable bonds is 12. The summed E-state index contributed by atoms with van der Waals surface area (Å²) < 4.78 is 44.8. The maximum absolute atomic E-state index is 13.4. The molecule has 3 aromatic rings. The first-order valence-corrected chi connectivity index (χ1v) is 14.2. The van der Waals surface area contributed by atoms with Crippen molar-refractivity contribution in [1.82, 2.24) is 19.9 Å². The summed E-state index contributed by atoms with van der Waals surface area (Å²) in [6.07, 6.45) is 2.28. The molecule has 12 heteroatoms. The molecule has 10 nitrogen and oxygen atoms in total. The molecule has 2 aromatic carbocycles. The van der Waals surface area contributed by atoms with E-state index in [9.17, 15) is 13.5 Å². The number of benzene rings is 2. The summed E-state index contributed by atoms with van der Waals surface area (Å²) >= 11 is 0. The van der Waals surface area contributed by atoms with E-state index in [-0.39, 0.29) is 23.9 Å². The molecule has 1 aromatic heterocycles. The second-order valence-electron chi connectivity index (χ2n) is 9.08. The topological polar surface area (TPSA) is 122 Å². The molecule has 0 radical (unpaired) electrons. The van der Waals surface area contributed by atoms with Gasteiger partial charge in [0, 0.05) is 43.1 Å². The number of aliphatic hydroxyl groups excluding tert-OH is 1. The zero-order valence-corrected chi connectivity index (χ0v) is 23.9. The van der Waals surface area contributed by atoms with E-state index >= 15 is 0 Å². The molecule has 1 atom stereocenters. The standard InChI is InChI=1S/C27H36N4O6S.ClH/c1-35-24-8-7-20(17-25(24)36-2)9-12-29-18-21(32)19-37-27-23-5-3-6-26(22(23)10-13-30-27)38(33,34)31-15-4-11-28-14-16-31;/h3,5-8,10,13,17,21,28-29,32H,4,9,11-12,14-16,18-19H2,1-2H3;1H. The molecule has 1 aliphatic rings. The van der Waals surface area contributed by atoms with Gasteiger partial charge in [0.15, 0.2) is 11.5 Å². The Morgan fingerprint density at radius 1 is 1.08 bits per heavy atom. The lowest BCUT2D eigenvalue weighted by molar-refractivity contribution is 0.105. The van der Waals surface area contributed by atoms with Crippen molar-refractivity contribution in [2.24, 2.45) is 0 Å². The largest absolute Gasteiger partial charge is 0.493 e. The van der Waals surface area contributed by atoms with E-state index in [1.807, 2.05) is 18.2 Å². The molecule has 0 saturated carbocycles. The van der Waals surface area contributed by atoms with E-state index < -0.39 is 16.1 Å². The van der Waals surface area contributed by atoms with Crippen LogP contribution in [0.4, 0.5) is 0 Å². The highest BCUT2D eigenvalue weighted by molar-refractivity contribution is 7.89. The Hall–Kier alpha value is -2.67. The van der Waals surface area contributed by atoms with Crippen LogP contribution in [0.1, 0.15) is 12.0 Å². The van der Waals surface area contributed by atoms with Gasteiger partial charge in [-0.1, -0.05) is 12.1 Å². The molecule has 0 spiro atoms. The van der Waals surface area contributed by atoms with Crippen molar-refractivity contribution < 1.29 is 27.7 Å². The van der Waals surface area contributed by atoms with Gasteiger partial charge in [-0.25, -0.2) is 13.4 Å². The number of pyridine rings is 1. The number of hydrogen-bond donors (Lipinski definition) is 3. The minimum absolute atomic E-state index is 0. The molecular weight excluding hydrogens is 544 g/mol. The first kappa shape index (κ1) is 30.9. The van der Waals surface area contributed by atoms with Crippen LogP contribution in [0.5, 0.6) is 17.4 Å². The van der Waals surface area contributed by atoms with Crippen LogP contribution >= 0.6 is 12.4 Å². The summed E-state index contributed by atoms with van der Waals surface area (Å²) in [5.41, 5.74) is 1.09. The highest BCUT2D eigenvalue weighted by atomic mass is 35.5. The smallest absolute Gasteiger partial charge is 0.243 e. The normalized spacial score (nSPS) is 15.3. The zero-order chi connectivity index (χ0) is 27.0. The van der Waals surface area contributed by atoms with Crippen molar-refractivity contribution in [3.63, 3.8) is 0 Å². The summed E-state index contributed by atoms with van der Waals surface area (Å²) in [5.74, 6) is 1.66. The van der Waals surface area contributed by atoms with Crippen molar-refractivity contribution >= 4 is 33.2 Å². The lowest BCUT2D eigenvalue weighted by atomic mass is 10.1. The van der Waals surface area contributed by atoms with Gasteiger partial charge >= 0.3 is 0 Å². The third-order valence-electron chi connectivity index (χ3n) is 6.48. The SMILES string of the molecule is COc1ccc(CCNCC(O)COc2nccc3c(S(=O)(=O)N4CCCNCC4)cccc23)cc1OC.Cl. The molecular formula is C27H37ClN4O6S. The molecule has 39 heavy (non-hydrogen) atoms. The minimum atomic E-state index is -3.67. The van der Waals surface area contributed by atoms with Gasteiger partial charge < -0.3 is 30.0 Å². The molecule has 3 N–H and O–H groups in total. The first-order valence-electron chi connectivity index (χ1n) is 12.7. The van der Waals surface area contributed by atoms with Crippen LogP contribution < -0.4 is 24.8 Å². The van der Waals surface area contributed by atoms with Crippen molar-refractivity contribution in [3.05, 3.63) is 54.2 Å². The highest BCUT2D eigenvalue weighted by Crippen LogP contribution is 2.31. The Balaban J connectivity index is 0.00000420. The second kappa shape index (κ2) is 14.6. The van der Waals surface area contributed by atoms with E-state index in [0.29, 0.717) is 60.9 Å². The van der Waals surface area contributed by atoms with Gasteiger partial charge in [-0.05, 0) is 61.8 Å². The fourth-order valence-electron chi connectivity index (χ4n) is 4.46. The summed E-state index contributed by atoms with van der Waals surface area (Å²) in [6.45, 7) is 3.35. The lowest BCUT2D eigenvalue weighted by Crippen LogP contribution is -2.34. The van der Waals surface area contributed by atoms with Gasteiger partial charge in [0.1, 0.15) is 12.7 Å². The summed E-state index contributed by atoms with van der Waals surface area (Å²) in [6, 6.07) is 12.6. The molecule has 1 unspecified atom stereocenters. The van der Waals surface area contributed by atoms with Crippen molar-refractivity contribution in [2.45, 2.75) is 23.8 Å². The Morgan fingerprint density at radius 3 is 2.69 bits per heavy atom. The zero-order valence-electron chi connectivity index (χ0n) is 22.3. The van der Waals surface area contributed by atoms with Crippen LogP contribution in [0.2, 0.25) is 0 Å². The lowest BCUT2D eigenvalue weighted by Gasteiger charge is -2.21. The summed E-state index contributed by atoms with van der Waals surface area (Å²) in [4.78, 5) is 4.54. The maximum Gasteiger partial charge on any atom is 0.243 e. The monoisotopic (exact) mass is 580 g/mol. The number of fused-ring (bicyclic) bond motifs is 1.